The summed E-state index contributed by atoms with van der Waals surface area (Å²) in [5.74, 6) is 0.816. The zero-order valence-electron chi connectivity index (χ0n) is 6.67. The van der Waals surface area contributed by atoms with E-state index >= 15 is 0 Å². The summed E-state index contributed by atoms with van der Waals surface area (Å²) in [4.78, 5) is 11.3. The van der Waals surface area contributed by atoms with Gasteiger partial charge < -0.3 is 10.1 Å². The van der Waals surface area contributed by atoms with E-state index in [9.17, 15) is 4.79 Å². The second-order valence-corrected chi connectivity index (χ2v) is 3.55. The second kappa shape index (κ2) is 2.48. The number of piperidine rings is 1. The van der Waals surface area contributed by atoms with E-state index in [1.807, 2.05) is 6.92 Å². The third-order valence-electron chi connectivity index (χ3n) is 2.58. The average molecular weight is 155 g/mol. The van der Waals surface area contributed by atoms with Crippen molar-refractivity contribution in [3.63, 3.8) is 0 Å². The number of nitrogens with one attached hydrogen (secondary N) is 1. The zero-order chi connectivity index (χ0) is 7.84. The van der Waals surface area contributed by atoms with Crippen molar-refractivity contribution in [3.05, 3.63) is 0 Å². The summed E-state index contributed by atoms with van der Waals surface area (Å²) in [6, 6.07) is 0.338. The molecule has 0 radical (unpaired) electrons. The van der Waals surface area contributed by atoms with Crippen molar-refractivity contribution in [1.29, 1.82) is 0 Å². The highest BCUT2D eigenvalue weighted by atomic mass is 16.5. The topological polar surface area (TPSA) is 38.3 Å². The SMILES string of the molecule is CC1CC2COCC2C(=O)N1. The maximum Gasteiger partial charge on any atom is 0.226 e. The predicted molar refractivity (Wildman–Crippen MR) is 40.0 cm³/mol. The number of fused-ring (bicyclic) bond motifs is 1. The van der Waals surface area contributed by atoms with Gasteiger partial charge in [-0.25, -0.2) is 0 Å². The van der Waals surface area contributed by atoms with E-state index in [0.29, 0.717) is 18.6 Å². The molecule has 1 amide bonds. The molecule has 2 rings (SSSR count). The minimum absolute atomic E-state index is 0.145. The number of ether oxygens (including phenoxy) is 1. The Balaban J connectivity index is 2.10. The highest BCUT2D eigenvalue weighted by Crippen LogP contribution is 2.28. The highest BCUT2D eigenvalue weighted by Gasteiger charge is 2.38. The summed E-state index contributed by atoms with van der Waals surface area (Å²) < 4.78 is 5.25. The van der Waals surface area contributed by atoms with Gasteiger partial charge in [-0.05, 0) is 19.3 Å². The van der Waals surface area contributed by atoms with Gasteiger partial charge in [0.1, 0.15) is 0 Å². The molecule has 0 aromatic rings. The van der Waals surface area contributed by atoms with Crippen LogP contribution >= 0.6 is 0 Å². The van der Waals surface area contributed by atoms with Crippen LogP contribution in [0.5, 0.6) is 0 Å². The first-order valence-corrected chi connectivity index (χ1v) is 4.15. The number of carbonyl (C=O) groups excluding carboxylic acids is 1. The van der Waals surface area contributed by atoms with Crippen molar-refractivity contribution < 1.29 is 9.53 Å². The van der Waals surface area contributed by atoms with Crippen LogP contribution in [-0.2, 0) is 9.53 Å². The van der Waals surface area contributed by atoms with Crippen LogP contribution in [0, 0.1) is 11.8 Å². The van der Waals surface area contributed by atoms with E-state index in [0.717, 1.165) is 13.0 Å². The van der Waals surface area contributed by atoms with Gasteiger partial charge in [0, 0.05) is 6.04 Å². The molecule has 0 bridgehead atoms. The van der Waals surface area contributed by atoms with Gasteiger partial charge in [0.05, 0.1) is 19.1 Å². The quantitative estimate of drug-likeness (QED) is 0.541. The predicted octanol–water partition coefficient (Wildman–Crippen LogP) is 0.157. The van der Waals surface area contributed by atoms with Crippen molar-refractivity contribution in [1.82, 2.24) is 5.32 Å². The number of carbonyl (C=O) groups is 1. The van der Waals surface area contributed by atoms with Gasteiger partial charge in [-0.3, -0.25) is 4.79 Å². The molecule has 3 heteroatoms. The van der Waals surface area contributed by atoms with Crippen LogP contribution in [-0.4, -0.2) is 25.2 Å². The largest absolute Gasteiger partial charge is 0.380 e. The molecule has 2 aliphatic heterocycles. The summed E-state index contributed by atoms with van der Waals surface area (Å²) in [5.41, 5.74) is 0. The molecule has 0 aliphatic carbocycles. The maximum absolute atomic E-state index is 11.3. The standard InChI is InChI=1S/C8H13NO2/c1-5-2-6-3-11-4-7(6)8(10)9-5/h5-7H,2-4H2,1H3,(H,9,10). The van der Waals surface area contributed by atoms with Crippen LogP contribution in [0.2, 0.25) is 0 Å². The molecule has 2 heterocycles. The Morgan fingerprint density at radius 3 is 3.18 bits per heavy atom. The van der Waals surface area contributed by atoms with Crippen LogP contribution in [0.3, 0.4) is 0 Å². The molecule has 0 spiro atoms. The lowest BCUT2D eigenvalue weighted by atomic mass is 9.86. The Morgan fingerprint density at radius 1 is 1.55 bits per heavy atom. The first-order chi connectivity index (χ1) is 5.27. The van der Waals surface area contributed by atoms with E-state index in [1.54, 1.807) is 0 Å². The van der Waals surface area contributed by atoms with Crippen LogP contribution in [0.4, 0.5) is 0 Å². The monoisotopic (exact) mass is 155 g/mol. The molecule has 3 nitrogen and oxygen atoms in total. The molecule has 3 atom stereocenters. The summed E-state index contributed by atoms with van der Waals surface area (Å²) in [6.45, 7) is 3.46. The fourth-order valence-electron chi connectivity index (χ4n) is 1.98. The van der Waals surface area contributed by atoms with Crippen LogP contribution in [0.1, 0.15) is 13.3 Å². The summed E-state index contributed by atoms with van der Waals surface area (Å²) in [6.07, 6.45) is 1.08. The Hall–Kier alpha value is -0.570. The average Bonchev–Trinajstić information content (AvgIpc) is 2.34. The smallest absolute Gasteiger partial charge is 0.226 e. The number of amides is 1. The van der Waals surface area contributed by atoms with Gasteiger partial charge in [0.15, 0.2) is 0 Å². The molecule has 0 aromatic heterocycles. The first-order valence-electron chi connectivity index (χ1n) is 4.15. The molecule has 2 fully saturated rings. The molecule has 2 saturated heterocycles. The maximum atomic E-state index is 11.3. The van der Waals surface area contributed by atoms with Gasteiger partial charge in [-0.1, -0.05) is 0 Å². The second-order valence-electron chi connectivity index (χ2n) is 3.55. The third-order valence-corrected chi connectivity index (χ3v) is 2.58. The van der Waals surface area contributed by atoms with E-state index in [4.69, 9.17) is 4.74 Å². The highest BCUT2D eigenvalue weighted by molar-refractivity contribution is 5.80. The van der Waals surface area contributed by atoms with Crippen molar-refractivity contribution in [2.75, 3.05) is 13.2 Å². The van der Waals surface area contributed by atoms with Crippen LogP contribution in [0.25, 0.3) is 0 Å². The van der Waals surface area contributed by atoms with Gasteiger partial charge in [0.2, 0.25) is 5.91 Å². The number of rotatable bonds is 0. The van der Waals surface area contributed by atoms with Gasteiger partial charge in [0.25, 0.3) is 0 Å². The third kappa shape index (κ3) is 1.13. The Morgan fingerprint density at radius 2 is 2.36 bits per heavy atom. The Kier molecular flexibility index (Phi) is 1.60. The van der Waals surface area contributed by atoms with Gasteiger partial charge in [-0.2, -0.15) is 0 Å². The molecule has 0 saturated carbocycles. The van der Waals surface area contributed by atoms with Crippen LogP contribution in [0.15, 0.2) is 0 Å². The minimum Gasteiger partial charge on any atom is -0.380 e. The molecular weight excluding hydrogens is 142 g/mol. The van der Waals surface area contributed by atoms with Crippen molar-refractivity contribution in [2.45, 2.75) is 19.4 Å². The number of hydrogen-bond donors (Lipinski definition) is 1. The summed E-state index contributed by atoms with van der Waals surface area (Å²) in [7, 11) is 0. The Labute approximate surface area is 66.1 Å². The lowest BCUT2D eigenvalue weighted by molar-refractivity contribution is -0.128. The normalized spacial score (nSPS) is 43.4. The zero-order valence-corrected chi connectivity index (χ0v) is 6.67. The molecule has 62 valence electrons. The van der Waals surface area contributed by atoms with Crippen molar-refractivity contribution in [2.24, 2.45) is 11.8 Å². The van der Waals surface area contributed by atoms with E-state index in [1.165, 1.54) is 0 Å². The first kappa shape index (κ1) is 7.10. The number of hydrogen-bond acceptors (Lipinski definition) is 2. The minimum atomic E-state index is 0.145. The lowest BCUT2D eigenvalue weighted by Gasteiger charge is -2.28. The van der Waals surface area contributed by atoms with Gasteiger partial charge in [-0.15, -0.1) is 0 Å². The fraction of sp³-hybridized carbons (Fsp3) is 0.875. The molecule has 1 N–H and O–H groups in total. The molecule has 0 aromatic carbocycles. The Bertz CT molecular complexity index is 181. The van der Waals surface area contributed by atoms with E-state index < -0.39 is 0 Å². The van der Waals surface area contributed by atoms with Gasteiger partial charge >= 0.3 is 0 Å². The summed E-state index contributed by atoms with van der Waals surface area (Å²) in [5, 5.41) is 2.93. The van der Waals surface area contributed by atoms with Crippen molar-refractivity contribution >= 4 is 5.91 Å². The molecule has 2 aliphatic rings. The van der Waals surface area contributed by atoms with E-state index in [2.05, 4.69) is 5.32 Å². The molecular formula is C8H13NO2. The molecule has 3 unspecified atom stereocenters. The fourth-order valence-corrected chi connectivity index (χ4v) is 1.98. The lowest BCUT2D eigenvalue weighted by Crippen LogP contribution is -2.46. The van der Waals surface area contributed by atoms with Crippen molar-refractivity contribution in [3.8, 4) is 0 Å². The summed E-state index contributed by atoms with van der Waals surface area (Å²) >= 11 is 0. The van der Waals surface area contributed by atoms with E-state index in [-0.39, 0.29) is 11.8 Å². The molecule has 11 heavy (non-hydrogen) atoms. The van der Waals surface area contributed by atoms with Crippen LogP contribution < -0.4 is 5.32 Å².